The summed E-state index contributed by atoms with van der Waals surface area (Å²) in [6, 6.07) is -3.78. The van der Waals surface area contributed by atoms with Crippen LogP contribution in [-0.2, 0) is 33.5 Å². The third-order valence-corrected chi connectivity index (χ3v) is 7.60. The van der Waals surface area contributed by atoms with Crippen molar-refractivity contribution < 1.29 is 33.5 Å². The highest BCUT2D eigenvalue weighted by atomic mass is 16.5. The summed E-state index contributed by atoms with van der Waals surface area (Å²) < 4.78 is 5.36. The highest BCUT2D eigenvalue weighted by Crippen LogP contribution is 2.19. The van der Waals surface area contributed by atoms with E-state index in [1.54, 1.807) is 20.8 Å². The second-order valence-corrected chi connectivity index (χ2v) is 10.8. The number of nitrogens with zero attached hydrogens (tertiary/aromatic N) is 3. The summed E-state index contributed by atoms with van der Waals surface area (Å²) in [5.74, 6) is -3.88. The molecule has 1 saturated heterocycles. The van der Waals surface area contributed by atoms with E-state index in [-0.39, 0.29) is 31.2 Å². The minimum Gasteiger partial charge on any atom is -0.452 e. The highest BCUT2D eigenvalue weighted by molar-refractivity contribution is 5.96. The van der Waals surface area contributed by atoms with Crippen LogP contribution in [0.25, 0.3) is 0 Å². The molecule has 2 unspecified atom stereocenters. The summed E-state index contributed by atoms with van der Waals surface area (Å²) in [7, 11) is 4.40. The molecule has 0 saturated carbocycles. The molecule has 0 spiro atoms. The minimum absolute atomic E-state index is 0.0227. The molecule has 1 fully saturated rings. The predicted octanol–water partition coefficient (Wildman–Crippen LogP) is 0.702. The van der Waals surface area contributed by atoms with E-state index in [0.29, 0.717) is 6.42 Å². The van der Waals surface area contributed by atoms with E-state index in [4.69, 9.17) is 4.74 Å². The fourth-order valence-corrected chi connectivity index (χ4v) is 4.38. The number of hydrogen-bond acceptors (Lipinski definition) is 7. The van der Waals surface area contributed by atoms with Gasteiger partial charge in [-0.1, -0.05) is 40.2 Å². The molecule has 1 rings (SSSR count). The number of ether oxygens (including phenoxy) is 1. The predicted molar refractivity (Wildman–Crippen MR) is 150 cm³/mol. The van der Waals surface area contributed by atoms with Crippen LogP contribution < -0.4 is 10.6 Å². The van der Waals surface area contributed by atoms with Gasteiger partial charge in [0.1, 0.15) is 24.2 Å². The van der Waals surface area contributed by atoms with E-state index in [0.717, 1.165) is 4.90 Å². The molecular formula is C28H47N5O7. The molecule has 40 heavy (non-hydrogen) atoms. The van der Waals surface area contributed by atoms with Crippen molar-refractivity contribution in [3.05, 3.63) is 12.7 Å². The smallest absolute Gasteiger partial charge is 0.308 e. The molecule has 2 N–H and O–H groups in total. The van der Waals surface area contributed by atoms with Crippen LogP contribution in [0.3, 0.4) is 0 Å². The SMILES string of the molecule is C=CC[C@H]1OC(=O)CCNC(=O)[C@H](C)N(C)C(=O)[C@H](C(C)C)N(C)C(=O)[C@H](C(C)CC)NC(=O)C(C)N(C)C1=O. The van der Waals surface area contributed by atoms with E-state index in [1.165, 1.54) is 43.9 Å². The summed E-state index contributed by atoms with van der Waals surface area (Å²) >= 11 is 0. The Kier molecular flexibility index (Phi) is 13.3. The lowest BCUT2D eigenvalue weighted by molar-refractivity contribution is -0.161. The van der Waals surface area contributed by atoms with E-state index in [2.05, 4.69) is 17.2 Å². The van der Waals surface area contributed by atoms with Crippen LogP contribution in [-0.4, -0.2) is 108 Å². The van der Waals surface area contributed by atoms with Crippen molar-refractivity contribution in [2.45, 2.75) is 91.1 Å². The summed E-state index contributed by atoms with van der Waals surface area (Å²) in [4.78, 5) is 82.9. The van der Waals surface area contributed by atoms with Crippen LogP contribution in [0.15, 0.2) is 12.7 Å². The number of cyclic esters (lactones) is 1. The van der Waals surface area contributed by atoms with Gasteiger partial charge in [0, 0.05) is 34.1 Å². The fraction of sp³-hybridized carbons (Fsp3) is 0.714. The average molecular weight is 566 g/mol. The lowest BCUT2D eigenvalue weighted by atomic mass is 9.94. The van der Waals surface area contributed by atoms with Crippen molar-refractivity contribution in [3.8, 4) is 0 Å². The van der Waals surface area contributed by atoms with Crippen LogP contribution >= 0.6 is 0 Å². The Morgan fingerprint density at radius 3 is 1.98 bits per heavy atom. The first kappa shape index (κ1) is 34.6. The van der Waals surface area contributed by atoms with E-state index in [1.807, 2.05) is 13.8 Å². The molecule has 0 aliphatic carbocycles. The number of carbonyl (C=O) groups is 6. The number of rotatable bonds is 5. The maximum Gasteiger partial charge on any atom is 0.308 e. The largest absolute Gasteiger partial charge is 0.452 e. The van der Waals surface area contributed by atoms with Crippen molar-refractivity contribution in [1.82, 2.24) is 25.3 Å². The maximum atomic E-state index is 13.8. The van der Waals surface area contributed by atoms with Gasteiger partial charge in [0.15, 0.2) is 6.10 Å². The zero-order chi connectivity index (χ0) is 30.9. The van der Waals surface area contributed by atoms with Gasteiger partial charge in [0.2, 0.25) is 23.6 Å². The lowest BCUT2D eigenvalue weighted by Crippen LogP contribution is -2.60. The Balaban J connectivity index is 3.55. The van der Waals surface area contributed by atoms with Crippen molar-refractivity contribution in [3.63, 3.8) is 0 Å². The lowest BCUT2D eigenvalue weighted by Gasteiger charge is -2.38. The molecule has 5 amide bonds. The van der Waals surface area contributed by atoms with Gasteiger partial charge in [-0.3, -0.25) is 28.8 Å². The van der Waals surface area contributed by atoms with Crippen LogP contribution in [0.4, 0.5) is 0 Å². The van der Waals surface area contributed by atoms with E-state index in [9.17, 15) is 28.8 Å². The van der Waals surface area contributed by atoms with Gasteiger partial charge in [-0.25, -0.2) is 0 Å². The fourth-order valence-electron chi connectivity index (χ4n) is 4.38. The first-order valence-corrected chi connectivity index (χ1v) is 13.8. The summed E-state index contributed by atoms with van der Waals surface area (Å²) in [5.41, 5.74) is 0. The van der Waals surface area contributed by atoms with Crippen molar-refractivity contribution in [1.29, 1.82) is 0 Å². The third kappa shape index (κ3) is 8.53. The molecule has 1 aliphatic rings. The topological polar surface area (TPSA) is 145 Å². The zero-order valence-electron chi connectivity index (χ0n) is 25.4. The first-order chi connectivity index (χ1) is 18.6. The molecule has 12 heteroatoms. The molecule has 12 nitrogen and oxygen atoms in total. The van der Waals surface area contributed by atoms with E-state index >= 15 is 0 Å². The van der Waals surface area contributed by atoms with Gasteiger partial charge in [-0.2, -0.15) is 0 Å². The number of hydrogen-bond donors (Lipinski definition) is 2. The van der Waals surface area contributed by atoms with Gasteiger partial charge < -0.3 is 30.1 Å². The molecule has 0 bridgehead atoms. The zero-order valence-corrected chi connectivity index (χ0v) is 25.4. The number of likely N-dealkylation sites (N-methyl/N-ethyl adjacent to an activating group) is 3. The number of amides is 5. The van der Waals surface area contributed by atoms with Crippen molar-refractivity contribution in [2.24, 2.45) is 11.8 Å². The summed E-state index contributed by atoms with van der Waals surface area (Å²) in [6.45, 7) is 13.9. The maximum absolute atomic E-state index is 13.8. The second kappa shape index (κ2) is 15.4. The average Bonchev–Trinajstić information content (AvgIpc) is 2.91. The van der Waals surface area contributed by atoms with Gasteiger partial charge in [-0.15, -0.1) is 6.58 Å². The first-order valence-electron chi connectivity index (χ1n) is 13.8. The summed E-state index contributed by atoms with van der Waals surface area (Å²) in [5, 5.41) is 5.40. The van der Waals surface area contributed by atoms with E-state index < -0.39 is 65.8 Å². The highest BCUT2D eigenvalue weighted by Gasteiger charge is 2.40. The Labute approximate surface area is 237 Å². The van der Waals surface area contributed by atoms with Crippen molar-refractivity contribution in [2.75, 3.05) is 27.7 Å². The summed E-state index contributed by atoms with van der Waals surface area (Å²) in [6.07, 6.45) is 0.589. The molecule has 6 atom stereocenters. The van der Waals surface area contributed by atoms with Gasteiger partial charge in [0.25, 0.3) is 5.91 Å². The van der Waals surface area contributed by atoms with Crippen LogP contribution in [0, 0.1) is 11.8 Å². The molecule has 226 valence electrons. The molecule has 0 aromatic carbocycles. The Bertz CT molecular complexity index is 969. The Morgan fingerprint density at radius 2 is 1.45 bits per heavy atom. The molecule has 0 radical (unpaired) electrons. The molecule has 0 aromatic heterocycles. The monoisotopic (exact) mass is 565 g/mol. The number of esters is 1. The number of carbonyl (C=O) groups excluding carboxylic acids is 6. The van der Waals surface area contributed by atoms with Gasteiger partial charge in [-0.05, 0) is 25.7 Å². The minimum atomic E-state index is -1.21. The second-order valence-electron chi connectivity index (χ2n) is 10.8. The van der Waals surface area contributed by atoms with Gasteiger partial charge >= 0.3 is 5.97 Å². The molecule has 1 heterocycles. The van der Waals surface area contributed by atoms with Crippen LogP contribution in [0.5, 0.6) is 0 Å². The Morgan fingerprint density at radius 1 is 0.900 bits per heavy atom. The molecular weight excluding hydrogens is 518 g/mol. The van der Waals surface area contributed by atoms with Crippen LogP contribution in [0.2, 0.25) is 0 Å². The standard InChI is InChI=1S/C28H47N5O7/c1-11-13-20-26(37)31(8)19(7)25(36)30-22(17(5)12-2)27(38)33(10)23(16(3)4)28(39)32(9)18(6)24(35)29-15-14-21(34)40-20/h11,16-20,22-23H,1,12-15H2,2-10H3,(H,29,35)(H,30,36)/t17?,18-,19?,20+,22-,23-/m0/s1. The third-order valence-electron chi connectivity index (χ3n) is 7.60. The van der Waals surface area contributed by atoms with Crippen molar-refractivity contribution >= 4 is 35.5 Å². The number of nitrogens with one attached hydrogen (secondary N) is 2. The van der Waals surface area contributed by atoms with Crippen LogP contribution in [0.1, 0.15) is 60.8 Å². The quantitative estimate of drug-likeness (QED) is 0.369. The normalized spacial score (nSPS) is 27.9. The molecule has 1 aliphatic heterocycles. The Hall–Kier alpha value is -3.44. The molecule has 0 aromatic rings. The van der Waals surface area contributed by atoms with Gasteiger partial charge in [0.05, 0.1) is 6.42 Å².